The fraction of sp³-hybridized carbons (Fsp3) is 0.682. The van der Waals surface area contributed by atoms with Gasteiger partial charge in [0.05, 0.1) is 31.8 Å². The molecule has 152 valence electrons. The first-order valence-corrected chi connectivity index (χ1v) is 10.1. The Bertz CT molecular complexity index is 556. The Balaban J connectivity index is 1.58. The molecule has 1 N–H and O–H groups in total. The maximum atomic E-state index is 10.8. The summed E-state index contributed by atoms with van der Waals surface area (Å²) in [5.41, 5.74) is 1.14. The standard InChI is InChI=1S/C22H34O5/c1-16(22(23)24)6-4-5-7-21-17(2)14-20(27-21)12-13-26-15-18-8-10-19(25-3)11-9-18/h8-11,16-17,20-21H,4-7,12-15H2,1-3H3,(H,23,24)/t16-,17-,20-,21-/m0/s1. The van der Waals surface area contributed by atoms with Crippen molar-refractivity contribution in [2.75, 3.05) is 13.7 Å². The number of methoxy groups -OCH3 is 1. The van der Waals surface area contributed by atoms with Gasteiger partial charge in [0.25, 0.3) is 0 Å². The van der Waals surface area contributed by atoms with Gasteiger partial charge in [0, 0.05) is 6.61 Å². The van der Waals surface area contributed by atoms with E-state index in [2.05, 4.69) is 6.92 Å². The van der Waals surface area contributed by atoms with Crippen LogP contribution in [-0.2, 0) is 20.9 Å². The van der Waals surface area contributed by atoms with Gasteiger partial charge in [-0.15, -0.1) is 0 Å². The normalized spacial score (nSPS) is 23.3. The highest BCUT2D eigenvalue weighted by atomic mass is 16.5. The number of benzene rings is 1. The van der Waals surface area contributed by atoms with E-state index in [1.165, 1.54) is 0 Å². The number of ether oxygens (including phenoxy) is 3. The fourth-order valence-electron chi connectivity index (χ4n) is 3.59. The maximum absolute atomic E-state index is 10.8. The lowest BCUT2D eigenvalue weighted by molar-refractivity contribution is -0.141. The molecule has 0 aliphatic carbocycles. The quantitative estimate of drug-likeness (QED) is 0.535. The predicted molar refractivity (Wildman–Crippen MR) is 105 cm³/mol. The van der Waals surface area contributed by atoms with Crippen molar-refractivity contribution >= 4 is 5.97 Å². The minimum absolute atomic E-state index is 0.248. The lowest BCUT2D eigenvalue weighted by atomic mass is 9.95. The van der Waals surface area contributed by atoms with Crippen molar-refractivity contribution < 1.29 is 24.1 Å². The molecule has 1 aromatic rings. The Morgan fingerprint density at radius 2 is 2.00 bits per heavy atom. The van der Waals surface area contributed by atoms with E-state index < -0.39 is 5.97 Å². The molecule has 1 saturated heterocycles. The van der Waals surface area contributed by atoms with Crippen molar-refractivity contribution in [3.05, 3.63) is 29.8 Å². The Morgan fingerprint density at radius 1 is 1.26 bits per heavy atom. The number of aliphatic carboxylic acids is 1. The van der Waals surface area contributed by atoms with E-state index in [1.807, 2.05) is 24.3 Å². The fourth-order valence-corrected chi connectivity index (χ4v) is 3.59. The lowest BCUT2D eigenvalue weighted by Gasteiger charge is -2.16. The third kappa shape index (κ3) is 7.51. The largest absolute Gasteiger partial charge is 0.497 e. The molecular weight excluding hydrogens is 344 g/mol. The van der Waals surface area contributed by atoms with E-state index in [1.54, 1.807) is 14.0 Å². The van der Waals surface area contributed by atoms with Gasteiger partial charge in [-0.3, -0.25) is 4.79 Å². The minimum Gasteiger partial charge on any atom is -0.497 e. The summed E-state index contributed by atoms with van der Waals surface area (Å²) in [4.78, 5) is 10.8. The molecule has 0 amide bonds. The lowest BCUT2D eigenvalue weighted by Crippen LogP contribution is -2.15. The Morgan fingerprint density at radius 3 is 2.67 bits per heavy atom. The molecule has 5 nitrogen and oxygen atoms in total. The number of carboxylic acid groups (broad SMARTS) is 1. The summed E-state index contributed by atoms with van der Waals surface area (Å²) in [7, 11) is 1.66. The second kappa shape index (κ2) is 11.3. The minimum atomic E-state index is -0.699. The molecule has 0 saturated carbocycles. The Hall–Kier alpha value is -1.59. The monoisotopic (exact) mass is 378 g/mol. The molecule has 1 aromatic carbocycles. The van der Waals surface area contributed by atoms with Gasteiger partial charge in [0.15, 0.2) is 0 Å². The van der Waals surface area contributed by atoms with E-state index in [4.69, 9.17) is 19.3 Å². The molecule has 2 rings (SSSR count). The average Bonchev–Trinajstić information content (AvgIpc) is 3.02. The van der Waals surface area contributed by atoms with Gasteiger partial charge in [0.2, 0.25) is 0 Å². The van der Waals surface area contributed by atoms with Crippen LogP contribution in [0.25, 0.3) is 0 Å². The van der Waals surface area contributed by atoms with Crippen LogP contribution in [0.4, 0.5) is 0 Å². The second-order valence-corrected chi connectivity index (χ2v) is 7.72. The van der Waals surface area contributed by atoms with E-state index in [9.17, 15) is 4.79 Å². The van der Waals surface area contributed by atoms with Crippen molar-refractivity contribution in [1.29, 1.82) is 0 Å². The summed E-state index contributed by atoms with van der Waals surface area (Å²) in [5, 5.41) is 8.93. The predicted octanol–water partition coefficient (Wildman–Crippen LogP) is 4.68. The summed E-state index contributed by atoms with van der Waals surface area (Å²) in [6.45, 7) is 5.34. The van der Waals surface area contributed by atoms with Gasteiger partial charge in [-0.2, -0.15) is 0 Å². The van der Waals surface area contributed by atoms with Crippen LogP contribution in [0.15, 0.2) is 24.3 Å². The van der Waals surface area contributed by atoms with Crippen molar-refractivity contribution in [3.8, 4) is 5.75 Å². The third-order valence-electron chi connectivity index (χ3n) is 5.45. The van der Waals surface area contributed by atoms with Crippen LogP contribution in [0.3, 0.4) is 0 Å². The molecule has 1 aliphatic rings. The van der Waals surface area contributed by atoms with Gasteiger partial charge in [-0.05, 0) is 49.3 Å². The van der Waals surface area contributed by atoms with Gasteiger partial charge in [-0.1, -0.05) is 38.8 Å². The van der Waals surface area contributed by atoms with Gasteiger partial charge in [-0.25, -0.2) is 0 Å². The van der Waals surface area contributed by atoms with Crippen LogP contribution in [0.5, 0.6) is 5.75 Å². The van der Waals surface area contributed by atoms with Crippen LogP contribution in [-0.4, -0.2) is 37.0 Å². The highest BCUT2D eigenvalue weighted by Crippen LogP contribution is 2.31. The highest BCUT2D eigenvalue weighted by molar-refractivity contribution is 5.69. The Labute approximate surface area is 163 Å². The molecule has 5 heteroatoms. The first kappa shape index (κ1) is 21.7. The van der Waals surface area contributed by atoms with Crippen LogP contribution in [0.1, 0.15) is 57.9 Å². The summed E-state index contributed by atoms with van der Waals surface area (Å²) in [6.07, 6.45) is 6.35. The van der Waals surface area contributed by atoms with Gasteiger partial charge < -0.3 is 19.3 Å². The zero-order valence-electron chi connectivity index (χ0n) is 16.9. The molecule has 0 radical (unpaired) electrons. The van der Waals surface area contributed by atoms with Crippen LogP contribution in [0.2, 0.25) is 0 Å². The van der Waals surface area contributed by atoms with Crippen molar-refractivity contribution in [2.45, 2.75) is 71.2 Å². The van der Waals surface area contributed by atoms with Crippen molar-refractivity contribution in [3.63, 3.8) is 0 Å². The molecule has 0 unspecified atom stereocenters. The summed E-state index contributed by atoms with van der Waals surface area (Å²) in [6, 6.07) is 7.94. The smallest absolute Gasteiger partial charge is 0.306 e. The van der Waals surface area contributed by atoms with Crippen LogP contribution in [0, 0.1) is 11.8 Å². The number of hydrogen-bond donors (Lipinski definition) is 1. The first-order valence-electron chi connectivity index (χ1n) is 10.1. The molecule has 1 heterocycles. The maximum Gasteiger partial charge on any atom is 0.306 e. The molecule has 4 atom stereocenters. The van der Waals surface area contributed by atoms with Crippen LogP contribution < -0.4 is 4.74 Å². The van der Waals surface area contributed by atoms with Gasteiger partial charge >= 0.3 is 5.97 Å². The first-order chi connectivity index (χ1) is 13.0. The number of hydrogen-bond acceptors (Lipinski definition) is 4. The molecule has 27 heavy (non-hydrogen) atoms. The zero-order valence-corrected chi connectivity index (χ0v) is 16.9. The zero-order chi connectivity index (χ0) is 19.6. The van der Waals surface area contributed by atoms with Crippen molar-refractivity contribution in [1.82, 2.24) is 0 Å². The molecule has 0 aromatic heterocycles. The SMILES string of the molecule is COc1ccc(COCC[C@H]2C[C@H](C)[C@H](CCCC[C@H](C)C(=O)O)O2)cc1. The molecular formula is C22H34O5. The van der Waals surface area contributed by atoms with E-state index >= 15 is 0 Å². The third-order valence-corrected chi connectivity index (χ3v) is 5.45. The second-order valence-electron chi connectivity index (χ2n) is 7.72. The number of carboxylic acids is 1. The number of rotatable bonds is 12. The van der Waals surface area contributed by atoms with E-state index in [0.29, 0.717) is 25.2 Å². The average molecular weight is 379 g/mol. The van der Waals surface area contributed by atoms with Crippen LogP contribution >= 0.6 is 0 Å². The van der Waals surface area contributed by atoms with E-state index in [0.717, 1.165) is 49.8 Å². The summed E-state index contributed by atoms with van der Waals surface area (Å²) < 4.78 is 17.2. The Kier molecular flexibility index (Phi) is 9.08. The number of carbonyl (C=O) groups is 1. The molecule has 1 fully saturated rings. The number of unbranched alkanes of at least 4 members (excludes halogenated alkanes) is 1. The van der Waals surface area contributed by atoms with E-state index in [-0.39, 0.29) is 12.0 Å². The molecule has 0 bridgehead atoms. The summed E-state index contributed by atoms with van der Waals surface area (Å²) >= 11 is 0. The highest BCUT2D eigenvalue weighted by Gasteiger charge is 2.31. The molecule has 1 aliphatic heterocycles. The van der Waals surface area contributed by atoms with Crippen molar-refractivity contribution in [2.24, 2.45) is 11.8 Å². The summed E-state index contributed by atoms with van der Waals surface area (Å²) in [5.74, 6) is 0.474. The molecule has 0 spiro atoms. The topological polar surface area (TPSA) is 65.0 Å². The van der Waals surface area contributed by atoms with Gasteiger partial charge in [0.1, 0.15) is 5.75 Å².